The summed E-state index contributed by atoms with van der Waals surface area (Å²) in [4.78, 5) is 12.3. The Bertz CT molecular complexity index is 292. The largest absolute Gasteiger partial charge is 0.396 e. The number of rotatable bonds is 5. The quantitative estimate of drug-likeness (QED) is 0.772. The molecule has 2 fully saturated rings. The zero-order valence-electron chi connectivity index (χ0n) is 11.0. The highest BCUT2D eigenvalue weighted by atomic mass is 16.3. The highest BCUT2D eigenvalue weighted by molar-refractivity contribution is 5.80. The molecule has 0 aliphatic heterocycles. The zero-order chi connectivity index (χ0) is 12.5. The Morgan fingerprint density at radius 3 is 2.65 bits per heavy atom. The van der Waals surface area contributed by atoms with Crippen LogP contribution in [0.25, 0.3) is 0 Å². The number of aliphatic hydroxyl groups excluding tert-OH is 1. The summed E-state index contributed by atoms with van der Waals surface area (Å²) in [6, 6.07) is 0. The van der Waals surface area contributed by atoms with Gasteiger partial charge in [0.15, 0.2) is 0 Å². The highest BCUT2D eigenvalue weighted by Gasteiger charge is 2.44. The van der Waals surface area contributed by atoms with E-state index >= 15 is 0 Å². The van der Waals surface area contributed by atoms with Gasteiger partial charge in [0.1, 0.15) is 0 Å². The number of amides is 1. The Balaban J connectivity index is 1.92. The Labute approximate surface area is 104 Å². The molecule has 4 atom stereocenters. The number of carbonyl (C=O) groups excluding carboxylic acids is 1. The predicted octanol–water partition coefficient (Wildman–Crippen LogP) is 2.09. The summed E-state index contributed by atoms with van der Waals surface area (Å²) in [5.74, 6) is 1.92. The summed E-state index contributed by atoms with van der Waals surface area (Å²) in [5.41, 5.74) is -0.229. The molecule has 2 rings (SSSR count). The molecule has 0 saturated heterocycles. The van der Waals surface area contributed by atoms with Gasteiger partial charge in [0.05, 0.1) is 0 Å². The number of fused-ring (bicyclic) bond motifs is 2. The fourth-order valence-corrected chi connectivity index (χ4v) is 3.53. The molecule has 0 spiro atoms. The van der Waals surface area contributed by atoms with Gasteiger partial charge < -0.3 is 10.4 Å². The van der Waals surface area contributed by atoms with Gasteiger partial charge in [0.2, 0.25) is 5.91 Å². The minimum atomic E-state index is -0.229. The summed E-state index contributed by atoms with van der Waals surface area (Å²) in [5, 5.41) is 12.2. The van der Waals surface area contributed by atoms with E-state index in [1.807, 2.05) is 6.92 Å². The molecule has 1 amide bonds. The first kappa shape index (κ1) is 12.9. The van der Waals surface area contributed by atoms with Crippen molar-refractivity contribution in [1.29, 1.82) is 0 Å². The molecular weight excluding hydrogens is 214 g/mol. The molecule has 4 unspecified atom stereocenters. The van der Waals surface area contributed by atoms with Crippen LogP contribution in [0.1, 0.15) is 52.4 Å². The van der Waals surface area contributed by atoms with Crippen LogP contribution in [-0.2, 0) is 4.79 Å². The summed E-state index contributed by atoms with van der Waals surface area (Å²) < 4.78 is 0. The lowest BCUT2D eigenvalue weighted by Crippen LogP contribution is -2.49. The molecule has 0 aromatic heterocycles. The minimum absolute atomic E-state index is 0.140. The van der Waals surface area contributed by atoms with Crippen molar-refractivity contribution < 1.29 is 9.90 Å². The molecular formula is C14H25NO2. The molecule has 3 heteroatoms. The maximum absolute atomic E-state index is 12.3. The van der Waals surface area contributed by atoms with Crippen molar-refractivity contribution in [3.8, 4) is 0 Å². The van der Waals surface area contributed by atoms with E-state index in [2.05, 4.69) is 12.2 Å². The number of carbonyl (C=O) groups is 1. The first-order valence-electron chi connectivity index (χ1n) is 7.01. The van der Waals surface area contributed by atoms with E-state index in [-0.39, 0.29) is 24.0 Å². The second-order valence-electron chi connectivity index (χ2n) is 6.16. The number of hydrogen-bond acceptors (Lipinski definition) is 2. The van der Waals surface area contributed by atoms with E-state index in [1.54, 1.807) is 0 Å². The lowest BCUT2D eigenvalue weighted by molar-refractivity contribution is -0.128. The third-order valence-corrected chi connectivity index (χ3v) is 4.94. The minimum Gasteiger partial charge on any atom is -0.396 e. The second-order valence-corrected chi connectivity index (χ2v) is 6.16. The molecule has 3 nitrogen and oxygen atoms in total. The van der Waals surface area contributed by atoms with Gasteiger partial charge >= 0.3 is 0 Å². The lowest BCUT2D eigenvalue weighted by Gasteiger charge is -2.32. The second kappa shape index (κ2) is 4.97. The van der Waals surface area contributed by atoms with Crippen LogP contribution in [0, 0.1) is 17.8 Å². The maximum Gasteiger partial charge on any atom is 0.223 e. The Morgan fingerprint density at radius 1 is 1.41 bits per heavy atom. The van der Waals surface area contributed by atoms with Gasteiger partial charge in [-0.05, 0) is 50.9 Å². The van der Waals surface area contributed by atoms with E-state index in [9.17, 15) is 4.79 Å². The van der Waals surface area contributed by atoms with Crippen LogP contribution in [0.5, 0.6) is 0 Å². The molecule has 0 aromatic rings. The van der Waals surface area contributed by atoms with E-state index in [1.165, 1.54) is 19.3 Å². The molecule has 2 aliphatic rings. The van der Waals surface area contributed by atoms with Gasteiger partial charge in [0, 0.05) is 18.1 Å². The highest BCUT2D eigenvalue weighted by Crippen LogP contribution is 2.48. The number of nitrogens with one attached hydrogen (secondary N) is 1. The summed E-state index contributed by atoms with van der Waals surface area (Å²) in [7, 11) is 0. The van der Waals surface area contributed by atoms with Gasteiger partial charge in [-0.3, -0.25) is 4.79 Å². The molecule has 0 radical (unpaired) electrons. The topological polar surface area (TPSA) is 49.3 Å². The van der Waals surface area contributed by atoms with Gasteiger partial charge in [-0.1, -0.05) is 13.3 Å². The monoisotopic (exact) mass is 239 g/mol. The van der Waals surface area contributed by atoms with Crippen molar-refractivity contribution in [3.63, 3.8) is 0 Å². The van der Waals surface area contributed by atoms with Crippen LogP contribution in [-0.4, -0.2) is 23.2 Å². The van der Waals surface area contributed by atoms with Crippen LogP contribution in [0.3, 0.4) is 0 Å². The van der Waals surface area contributed by atoms with Crippen molar-refractivity contribution in [2.24, 2.45) is 17.8 Å². The average molecular weight is 239 g/mol. The summed E-state index contributed by atoms with van der Waals surface area (Å²) in [6.45, 7) is 4.24. The number of aliphatic hydroxyl groups is 1. The standard InChI is InChI=1S/C14H25NO2/c1-3-14(2,6-7-16)15-13(17)12-9-10-4-5-11(12)8-10/h10-12,16H,3-9H2,1-2H3,(H,15,17). The van der Waals surface area contributed by atoms with Crippen molar-refractivity contribution in [3.05, 3.63) is 0 Å². The molecule has 0 aromatic carbocycles. The normalized spacial score (nSPS) is 34.6. The predicted molar refractivity (Wildman–Crippen MR) is 67.5 cm³/mol. The van der Waals surface area contributed by atoms with Crippen LogP contribution in [0.15, 0.2) is 0 Å². The SMILES string of the molecule is CCC(C)(CCO)NC(=O)C1CC2CCC1C2. The van der Waals surface area contributed by atoms with E-state index in [4.69, 9.17) is 5.11 Å². The summed E-state index contributed by atoms with van der Waals surface area (Å²) in [6.07, 6.45) is 6.45. The van der Waals surface area contributed by atoms with Gasteiger partial charge in [-0.15, -0.1) is 0 Å². The van der Waals surface area contributed by atoms with Gasteiger partial charge in [-0.2, -0.15) is 0 Å². The molecule has 2 bridgehead atoms. The lowest BCUT2D eigenvalue weighted by atomic mass is 9.86. The van der Waals surface area contributed by atoms with Crippen LogP contribution < -0.4 is 5.32 Å². The van der Waals surface area contributed by atoms with Crippen molar-refractivity contribution in [1.82, 2.24) is 5.32 Å². The molecule has 2 N–H and O–H groups in total. The van der Waals surface area contributed by atoms with E-state index < -0.39 is 0 Å². The first-order valence-corrected chi connectivity index (χ1v) is 7.01. The van der Waals surface area contributed by atoms with Crippen molar-refractivity contribution >= 4 is 5.91 Å². The maximum atomic E-state index is 12.3. The first-order chi connectivity index (χ1) is 8.08. The zero-order valence-corrected chi connectivity index (χ0v) is 11.0. The third kappa shape index (κ3) is 2.65. The molecule has 98 valence electrons. The molecule has 0 heterocycles. The van der Waals surface area contributed by atoms with Crippen molar-refractivity contribution in [2.75, 3.05) is 6.61 Å². The Morgan fingerprint density at radius 2 is 2.18 bits per heavy atom. The third-order valence-electron chi connectivity index (χ3n) is 4.94. The Kier molecular flexibility index (Phi) is 3.76. The van der Waals surface area contributed by atoms with Crippen LogP contribution in [0.2, 0.25) is 0 Å². The van der Waals surface area contributed by atoms with E-state index in [0.29, 0.717) is 12.3 Å². The average Bonchev–Trinajstić information content (AvgIpc) is 2.91. The molecule has 17 heavy (non-hydrogen) atoms. The molecule has 2 saturated carbocycles. The van der Waals surface area contributed by atoms with Gasteiger partial charge in [-0.25, -0.2) is 0 Å². The fraction of sp³-hybridized carbons (Fsp3) is 0.929. The van der Waals surface area contributed by atoms with Gasteiger partial charge in [0.25, 0.3) is 0 Å². The van der Waals surface area contributed by atoms with E-state index in [0.717, 1.165) is 18.8 Å². The number of hydrogen-bond donors (Lipinski definition) is 2. The van der Waals surface area contributed by atoms with Crippen LogP contribution >= 0.6 is 0 Å². The Hall–Kier alpha value is -0.570. The van der Waals surface area contributed by atoms with Crippen molar-refractivity contribution in [2.45, 2.75) is 57.9 Å². The fourth-order valence-electron chi connectivity index (χ4n) is 3.53. The van der Waals surface area contributed by atoms with Crippen LogP contribution in [0.4, 0.5) is 0 Å². The molecule has 2 aliphatic carbocycles. The smallest absolute Gasteiger partial charge is 0.223 e. The summed E-state index contributed by atoms with van der Waals surface area (Å²) >= 11 is 0.